The van der Waals surface area contributed by atoms with E-state index in [2.05, 4.69) is 66.7 Å². The van der Waals surface area contributed by atoms with Crippen molar-refractivity contribution in [3.63, 3.8) is 0 Å². The van der Waals surface area contributed by atoms with Gasteiger partial charge in [0.2, 0.25) is 5.91 Å². The molecule has 3 rings (SSSR count). The average Bonchev–Trinajstić information content (AvgIpc) is 3.18. The van der Waals surface area contributed by atoms with Gasteiger partial charge in [-0.05, 0) is 51.5 Å². The number of quaternary nitrogens is 1. The van der Waals surface area contributed by atoms with Gasteiger partial charge in [0.25, 0.3) is 0 Å². The van der Waals surface area contributed by atoms with Crippen LogP contribution in [0.2, 0.25) is 0 Å². The Hall–Kier alpha value is -2.92. The molecule has 0 unspecified atom stereocenters. The maximum Gasteiger partial charge on any atom is 0.230 e. The van der Waals surface area contributed by atoms with Crippen LogP contribution in [0.1, 0.15) is 43.0 Å². The first-order chi connectivity index (χ1) is 13.4. The molecule has 0 spiro atoms. The topological polar surface area (TPSA) is 63.5 Å². The number of nitrogens with two attached hydrogens (primary N) is 1. The van der Waals surface area contributed by atoms with Crippen LogP contribution < -0.4 is 10.6 Å². The van der Waals surface area contributed by atoms with Crippen molar-refractivity contribution in [1.29, 1.82) is 0 Å². The van der Waals surface area contributed by atoms with Crippen LogP contribution in [-0.4, -0.2) is 21.5 Å². The number of anilines is 1. The number of carbonyl (C=O) groups excluding carboxylic acids is 1. The Balaban J connectivity index is 1.53. The molecule has 0 saturated heterocycles. The molecule has 0 bridgehead atoms. The molecule has 1 amide bonds. The lowest BCUT2D eigenvalue weighted by molar-refractivity contribution is -0.721. The number of nitrogens with zero attached hydrogens (tertiary/aromatic N) is 2. The summed E-state index contributed by atoms with van der Waals surface area (Å²) in [7, 11) is 0. The van der Waals surface area contributed by atoms with Gasteiger partial charge in [-0.25, -0.2) is 4.98 Å². The molecule has 3 N–H and O–H groups in total. The van der Waals surface area contributed by atoms with E-state index in [0.29, 0.717) is 6.42 Å². The Bertz CT molecular complexity index is 916. The summed E-state index contributed by atoms with van der Waals surface area (Å²) in [6.45, 7) is 8.34. The highest BCUT2D eigenvalue weighted by atomic mass is 16.1. The van der Waals surface area contributed by atoms with Crippen LogP contribution in [0.5, 0.6) is 0 Å². The maximum absolute atomic E-state index is 12.4. The number of rotatable bonds is 7. The van der Waals surface area contributed by atoms with Crippen LogP contribution in [-0.2, 0) is 4.79 Å². The molecule has 0 radical (unpaired) electrons. The van der Waals surface area contributed by atoms with E-state index in [1.54, 1.807) is 12.5 Å². The fourth-order valence-corrected chi connectivity index (χ4v) is 3.48. The maximum atomic E-state index is 12.4. The summed E-state index contributed by atoms with van der Waals surface area (Å²) in [6.07, 6.45) is 5.97. The molecule has 3 aromatic rings. The largest absolute Gasteiger partial charge is 0.338 e. The molecule has 1 aromatic heterocycles. The fourth-order valence-electron chi connectivity index (χ4n) is 3.48. The molecule has 0 fully saturated rings. The van der Waals surface area contributed by atoms with E-state index < -0.39 is 0 Å². The number of aromatic nitrogens is 2. The quantitative estimate of drug-likeness (QED) is 0.662. The van der Waals surface area contributed by atoms with E-state index in [9.17, 15) is 4.79 Å². The zero-order valence-corrected chi connectivity index (χ0v) is 17.0. The van der Waals surface area contributed by atoms with Gasteiger partial charge in [-0.3, -0.25) is 4.79 Å². The monoisotopic (exact) mass is 377 g/mol. The van der Waals surface area contributed by atoms with Crippen LogP contribution >= 0.6 is 0 Å². The summed E-state index contributed by atoms with van der Waals surface area (Å²) in [5.41, 5.74) is 5.52. The van der Waals surface area contributed by atoms with Crippen LogP contribution in [0, 0.1) is 13.8 Å². The van der Waals surface area contributed by atoms with Gasteiger partial charge in [0.1, 0.15) is 6.04 Å². The van der Waals surface area contributed by atoms with Crippen molar-refractivity contribution in [1.82, 2.24) is 9.55 Å². The molecular formula is C23H29N4O+. The number of imidazole rings is 1. The molecule has 0 aliphatic heterocycles. The normalized spacial score (nSPS) is 13.1. The van der Waals surface area contributed by atoms with E-state index in [0.717, 1.165) is 16.9 Å². The van der Waals surface area contributed by atoms with Gasteiger partial charge in [-0.15, -0.1) is 0 Å². The Morgan fingerprint density at radius 3 is 2.54 bits per heavy atom. The van der Waals surface area contributed by atoms with Crippen LogP contribution in [0.15, 0.2) is 61.2 Å². The van der Waals surface area contributed by atoms with Crippen molar-refractivity contribution < 1.29 is 10.1 Å². The van der Waals surface area contributed by atoms with E-state index in [1.807, 2.05) is 29.8 Å². The van der Waals surface area contributed by atoms with E-state index in [4.69, 9.17) is 0 Å². The minimum Gasteiger partial charge on any atom is -0.338 e. The predicted octanol–water partition coefficient (Wildman–Crippen LogP) is 3.53. The molecule has 2 aromatic carbocycles. The third kappa shape index (κ3) is 5.08. The van der Waals surface area contributed by atoms with E-state index in [-0.39, 0.29) is 18.0 Å². The molecule has 5 nitrogen and oxygen atoms in total. The Kier molecular flexibility index (Phi) is 6.26. The summed E-state index contributed by atoms with van der Waals surface area (Å²) in [6, 6.07) is 15.0. The lowest BCUT2D eigenvalue weighted by Gasteiger charge is -2.18. The minimum atomic E-state index is 0.0540. The zero-order chi connectivity index (χ0) is 20.1. The molecule has 5 heteroatoms. The number of hydrogen-bond donors (Lipinski definition) is 2. The summed E-state index contributed by atoms with van der Waals surface area (Å²) in [5.74, 6) is 0.0540. The SMILES string of the molecule is Cc1ccc(NC(=O)C[C@@H](C)[NH2+][C@@H](C)c2ccc(-n3ccnc3)cc2)c(C)c1. The molecule has 1 heterocycles. The molecular weight excluding hydrogens is 348 g/mol. The minimum absolute atomic E-state index is 0.0540. The molecule has 28 heavy (non-hydrogen) atoms. The first-order valence-electron chi connectivity index (χ1n) is 9.73. The lowest BCUT2D eigenvalue weighted by Crippen LogP contribution is -2.89. The number of aryl methyl sites for hydroxylation is 2. The highest BCUT2D eigenvalue weighted by molar-refractivity contribution is 5.91. The summed E-state index contributed by atoms with van der Waals surface area (Å²) < 4.78 is 1.98. The summed E-state index contributed by atoms with van der Waals surface area (Å²) in [4.78, 5) is 16.5. The average molecular weight is 378 g/mol. The second-order valence-electron chi connectivity index (χ2n) is 7.59. The second-order valence-corrected chi connectivity index (χ2v) is 7.59. The van der Waals surface area contributed by atoms with Crippen molar-refractivity contribution in [2.45, 2.75) is 46.2 Å². The van der Waals surface area contributed by atoms with Gasteiger partial charge in [-0.1, -0.05) is 29.8 Å². The highest BCUT2D eigenvalue weighted by Crippen LogP contribution is 2.17. The smallest absolute Gasteiger partial charge is 0.230 e. The highest BCUT2D eigenvalue weighted by Gasteiger charge is 2.17. The predicted molar refractivity (Wildman–Crippen MR) is 113 cm³/mol. The number of benzene rings is 2. The Morgan fingerprint density at radius 2 is 1.89 bits per heavy atom. The van der Waals surface area contributed by atoms with E-state index in [1.165, 1.54) is 11.1 Å². The number of carbonyl (C=O) groups is 1. The van der Waals surface area contributed by atoms with Gasteiger partial charge in [0.15, 0.2) is 0 Å². The number of hydrogen-bond acceptors (Lipinski definition) is 2. The summed E-state index contributed by atoms with van der Waals surface area (Å²) >= 11 is 0. The van der Waals surface area contributed by atoms with Crippen molar-refractivity contribution in [3.8, 4) is 5.69 Å². The van der Waals surface area contributed by atoms with Crippen molar-refractivity contribution in [3.05, 3.63) is 77.9 Å². The summed E-state index contributed by atoms with van der Waals surface area (Å²) in [5, 5.41) is 5.28. The van der Waals surface area contributed by atoms with Crippen LogP contribution in [0.3, 0.4) is 0 Å². The van der Waals surface area contributed by atoms with Crippen molar-refractivity contribution >= 4 is 11.6 Å². The fraction of sp³-hybridized carbons (Fsp3) is 0.304. The molecule has 146 valence electrons. The number of amides is 1. The Morgan fingerprint density at radius 1 is 1.14 bits per heavy atom. The third-order valence-electron chi connectivity index (χ3n) is 5.00. The second kappa shape index (κ2) is 8.85. The van der Waals surface area contributed by atoms with Crippen molar-refractivity contribution in [2.24, 2.45) is 0 Å². The third-order valence-corrected chi connectivity index (χ3v) is 5.00. The first-order valence-corrected chi connectivity index (χ1v) is 9.73. The molecule has 0 saturated carbocycles. The first kappa shape index (κ1) is 19.8. The molecule has 0 aliphatic carbocycles. The van der Waals surface area contributed by atoms with Gasteiger partial charge < -0.3 is 15.2 Å². The van der Waals surface area contributed by atoms with E-state index >= 15 is 0 Å². The van der Waals surface area contributed by atoms with Crippen LogP contribution in [0.25, 0.3) is 5.69 Å². The molecule has 0 aliphatic rings. The van der Waals surface area contributed by atoms with Gasteiger partial charge in [0.05, 0.1) is 18.8 Å². The van der Waals surface area contributed by atoms with Gasteiger partial charge in [0, 0.05) is 29.3 Å². The van der Waals surface area contributed by atoms with Crippen molar-refractivity contribution in [2.75, 3.05) is 5.32 Å². The standard InChI is InChI=1S/C23H28N4O/c1-16-5-10-22(17(2)13-16)26-23(28)14-18(3)25-19(4)20-6-8-21(9-7-20)27-12-11-24-15-27/h5-13,15,18-19,25H,14H2,1-4H3,(H,26,28)/p+1/t18-,19+/m1/s1. The lowest BCUT2D eigenvalue weighted by atomic mass is 10.1. The molecule has 2 atom stereocenters. The van der Waals surface area contributed by atoms with Crippen LogP contribution in [0.4, 0.5) is 5.69 Å². The Labute approximate surface area is 166 Å². The number of nitrogens with one attached hydrogen (secondary N) is 1. The zero-order valence-electron chi connectivity index (χ0n) is 17.0. The van der Waals surface area contributed by atoms with Gasteiger partial charge in [-0.2, -0.15) is 0 Å². The van der Waals surface area contributed by atoms with Gasteiger partial charge >= 0.3 is 0 Å².